The Morgan fingerprint density at radius 2 is 2.11 bits per heavy atom. The van der Waals surface area contributed by atoms with Gasteiger partial charge in [0.1, 0.15) is 5.75 Å². The molecule has 1 aromatic carbocycles. The molecule has 0 spiro atoms. The average Bonchev–Trinajstić information content (AvgIpc) is 2.41. The Hall–Kier alpha value is -2.15. The number of para-hydroxylation sites is 1. The van der Waals surface area contributed by atoms with Crippen LogP contribution in [0.4, 0.5) is 11.4 Å². The van der Waals surface area contributed by atoms with E-state index < -0.39 is 4.92 Å². The van der Waals surface area contributed by atoms with Crippen molar-refractivity contribution in [3.63, 3.8) is 0 Å². The van der Waals surface area contributed by atoms with Gasteiger partial charge in [-0.1, -0.05) is 6.07 Å². The molecule has 2 rings (SSSR count). The van der Waals surface area contributed by atoms with Crippen molar-refractivity contribution in [2.75, 3.05) is 18.5 Å². The number of anilines is 1. The molecule has 7 heteroatoms. The molecule has 1 amide bonds. The quantitative estimate of drug-likeness (QED) is 0.492. The summed E-state index contributed by atoms with van der Waals surface area (Å²) in [6.45, 7) is 1.00. The van der Waals surface area contributed by atoms with Gasteiger partial charge in [0, 0.05) is 25.2 Å². The number of hydrogen-bond acceptors (Lipinski definition) is 5. The molecule has 0 saturated carbocycles. The fourth-order valence-electron chi connectivity index (χ4n) is 1.99. The number of ether oxygens (including phenoxy) is 1. The number of phenolic OH excluding ortho intramolecular Hbond substituents is 1. The van der Waals surface area contributed by atoms with Gasteiger partial charge in [0.2, 0.25) is 5.91 Å². The zero-order valence-corrected chi connectivity index (χ0v) is 10.2. The van der Waals surface area contributed by atoms with Gasteiger partial charge >= 0.3 is 0 Å². The number of nitro groups is 1. The molecule has 1 aromatic rings. The minimum Gasteiger partial charge on any atom is -0.505 e. The highest BCUT2D eigenvalue weighted by Gasteiger charge is 2.25. The normalized spacial score (nSPS) is 16.0. The number of benzene rings is 1. The van der Waals surface area contributed by atoms with Crippen molar-refractivity contribution in [3.8, 4) is 5.75 Å². The van der Waals surface area contributed by atoms with Gasteiger partial charge in [-0.2, -0.15) is 0 Å². The maximum absolute atomic E-state index is 12.0. The summed E-state index contributed by atoms with van der Waals surface area (Å²) in [6, 6.07) is 3.89. The molecule has 1 fully saturated rings. The molecular formula is C12H14N2O5. The monoisotopic (exact) mass is 266 g/mol. The molecule has 1 heterocycles. The van der Waals surface area contributed by atoms with Crippen molar-refractivity contribution in [3.05, 3.63) is 28.3 Å². The lowest BCUT2D eigenvalue weighted by Gasteiger charge is -2.21. The van der Waals surface area contributed by atoms with Crippen molar-refractivity contribution in [1.29, 1.82) is 0 Å². The predicted molar refractivity (Wildman–Crippen MR) is 66.9 cm³/mol. The van der Waals surface area contributed by atoms with Crippen molar-refractivity contribution in [2.45, 2.75) is 12.8 Å². The standard InChI is InChI=1S/C12H14N2O5/c15-10-3-1-2-9(14(17)18)11(10)13-12(16)8-4-6-19-7-5-8/h1-3,8,15H,4-7H2,(H,13,16). The van der Waals surface area contributed by atoms with E-state index in [1.165, 1.54) is 18.2 Å². The van der Waals surface area contributed by atoms with Crippen molar-refractivity contribution < 1.29 is 19.6 Å². The lowest BCUT2D eigenvalue weighted by atomic mass is 9.99. The topological polar surface area (TPSA) is 102 Å². The van der Waals surface area contributed by atoms with E-state index in [9.17, 15) is 20.0 Å². The summed E-state index contributed by atoms with van der Waals surface area (Å²) in [5.41, 5.74) is -0.468. The van der Waals surface area contributed by atoms with Crippen LogP contribution in [0.25, 0.3) is 0 Å². The lowest BCUT2D eigenvalue weighted by Crippen LogP contribution is -2.28. The van der Waals surface area contributed by atoms with Gasteiger partial charge in [0.05, 0.1) is 4.92 Å². The molecule has 0 atom stereocenters. The number of hydrogen-bond donors (Lipinski definition) is 2. The molecular weight excluding hydrogens is 252 g/mol. The second-order valence-corrected chi connectivity index (χ2v) is 4.30. The Kier molecular flexibility index (Phi) is 3.96. The molecule has 0 unspecified atom stereocenters. The maximum atomic E-state index is 12.0. The molecule has 0 bridgehead atoms. The number of carbonyl (C=O) groups is 1. The van der Waals surface area contributed by atoms with E-state index in [2.05, 4.69) is 5.32 Å². The van der Waals surface area contributed by atoms with E-state index in [4.69, 9.17) is 4.74 Å². The summed E-state index contributed by atoms with van der Waals surface area (Å²) in [6.07, 6.45) is 1.15. The fourth-order valence-corrected chi connectivity index (χ4v) is 1.99. The van der Waals surface area contributed by atoms with E-state index in [-0.39, 0.29) is 28.9 Å². The Bertz CT molecular complexity index is 497. The van der Waals surface area contributed by atoms with Crippen molar-refractivity contribution >= 4 is 17.3 Å². The number of nitro benzene ring substituents is 1. The number of aromatic hydroxyl groups is 1. The SMILES string of the molecule is O=C(Nc1c(O)cccc1[N+](=O)[O-])C1CCOCC1. The Morgan fingerprint density at radius 1 is 1.42 bits per heavy atom. The van der Waals surface area contributed by atoms with Gasteiger partial charge in [-0.05, 0) is 18.9 Å². The van der Waals surface area contributed by atoms with E-state index in [1.54, 1.807) is 0 Å². The molecule has 7 nitrogen and oxygen atoms in total. The molecule has 1 saturated heterocycles. The minimum absolute atomic E-state index is 0.149. The zero-order chi connectivity index (χ0) is 13.8. The first-order valence-electron chi connectivity index (χ1n) is 5.94. The largest absolute Gasteiger partial charge is 0.505 e. The summed E-state index contributed by atoms with van der Waals surface area (Å²) in [5.74, 6) is -0.879. The molecule has 0 aromatic heterocycles. The Balaban J connectivity index is 2.18. The molecule has 102 valence electrons. The molecule has 0 radical (unpaired) electrons. The first-order chi connectivity index (χ1) is 9.09. The van der Waals surface area contributed by atoms with Gasteiger partial charge in [-0.15, -0.1) is 0 Å². The number of carbonyl (C=O) groups excluding carboxylic acids is 1. The third-order valence-electron chi connectivity index (χ3n) is 3.06. The second kappa shape index (κ2) is 5.66. The summed E-state index contributed by atoms with van der Waals surface area (Å²) < 4.78 is 5.15. The summed E-state index contributed by atoms with van der Waals surface area (Å²) in [5, 5.41) is 22.9. The molecule has 19 heavy (non-hydrogen) atoms. The number of nitrogens with zero attached hydrogens (tertiary/aromatic N) is 1. The van der Waals surface area contributed by atoms with Gasteiger partial charge in [0.15, 0.2) is 5.69 Å². The number of nitrogens with one attached hydrogen (secondary N) is 1. The van der Waals surface area contributed by atoms with Crippen LogP contribution in [-0.4, -0.2) is 29.2 Å². The number of rotatable bonds is 3. The van der Waals surface area contributed by atoms with Crippen molar-refractivity contribution in [2.24, 2.45) is 5.92 Å². The zero-order valence-electron chi connectivity index (χ0n) is 10.2. The predicted octanol–water partition coefficient (Wildman–Crippen LogP) is 1.67. The van der Waals surface area contributed by atoms with Crippen LogP contribution in [0.2, 0.25) is 0 Å². The highest BCUT2D eigenvalue weighted by molar-refractivity contribution is 5.96. The van der Waals surface area contributed by atoms with Crippen LogP contribution >= 0.6 is 0 Å². The molecule has 1 aliphatic heterocycles. The fraction of sp³-hybridized carbons (Fsp3) is 0.417. The summed E-state index contributed by atoms with van der Waals surface area (Å²) in [4.78, 5) is 22.2. The number of amides is 1. The van der Waals surface area contributed by atoms with Crippen LogP contribution < -0.4 is 5.32 Å². The molecule has 2 N–H and O–H groups in total. The Labute approximate surface area is 109 Å². The average molecular weight is 266 g/mol. The number of phenols is 1. The van der Waals surface area contributed by atoms with E-state index >= 15 is 0 Å². The van der Waals surface area contributed by atoms with E-state index in [1.807, 2.05) is 0 Å². The Morgan fingerprint density at radius 3 is 2.74 bits per heavy atom. The van der Waals surface area contributed by atoms with Crippen LogP contribution in [0.5, 0.6) is 5.75 Å². The van der Waals surface area contributed by atoms with Crippen LogP contribution in [0.1, 0.15) is 12.8 Å². The first-order valence-corrected chi connectivity index (χ1v) is 5.94. The van der Waals surface area contributed by atoms with Gasteiger partial charge in [0.25, 0.3) is 5.69 Å². The van der Waals surface area contributed by atoms with Gasteiger partial charge in [-0.25, -0.2) is 0 Å². The van der Waals surface area contributed by atoms with Gasteiger partial charge in [-0.3, -0.25) is 14.9 Å². The van der Waals surface area contributed by atoms with Crippen LogP contribution in [0.15, 0.2) is 18.2 Å². The first kappa shape index (κ1) is 13.3. The highest BCUT2D eigenvalue weighted by Crippen LogP contribution is 2.33. The van der Waals surface area contributed by atoms with E-state index in [0.717, 1.165) is 0 Å². The van der Waals surface area contributed by atoms with Crippen LogP contribution in [0.3, 0.4) is 0 Å². The third kappa shape index (κ3) is 3.00. The van der Waals surface area contributed by atoms with E-state index in [0.29, 0.717) is 26.1 Å². The minimum atomic E-state index is -0.640. The third-order valence-corrected chi connectivity index (χ3v) is 3.06. The molecule has 1 aliphatic rings. The lowest BCUT2D eigenvalue weighted by molar-refractivity contribution is -0.384. The summed E-state index contributed by atoms with van der Waals surface area (Å²) >= 11 is 0. The maximum Gasteiger partial charge on any atom is 0.296 e. The molecule has 0 aliphatic carbocycles. The summed E-state index contributed by atoms with van der Waals surface area (Å²) in [7, 11) is 0. The second-order valence-electron chi connectivity index (χ2n) is 4.30. The highest BCUT2D eigenvalue weighted by atomic mass is 16.6. The smallest absolute Gasteiger partial charge is 0.296 e. The van der Waals surface area contributed by atoms with Crippen LogP contribution in [0, 0.1) is 16.0 Å². The van der Waals surface area contributed by atoms with Crippen molar-refractivity contribution in [1.82, 2.24) is 0 Å². The van der Waals surface area contributed by atoms with Crippen LogP contribution in [-0.2, 0) is 9.53 Å². The van der Waals surface area contributed by atoms with Gasteiger partial charge < -0.3 is 15.2 Å².